The predicted octanol–water partition coefficient (Wildman–Crippen LogP) is -0.143. The van der Waals surface area contributed by atoms with Gasteiger partial charge in [0.15, 0.2) is 12.4 Å². The molecule has 45 heavy (non-hydrogen) atoms. The lowest BCUT2D eigenvalue weighted by Crippen LogP contribution is -2.69. The van der Waals surface area contributed by atoms with Gasteiger partial charge in [-0.05, 0) is 35.8 Å². The average Bonchev–Trinajstić information content (AvgIpc) is 3.32. The zero-order chi connectivity index (χ0) is 33.1. The van der Waals surface area contributed by atoms with Gasteiger partial charge in [0.2, 0.25) is 18.4 Å². The van der Waals surface area contributed by atoms with Crippen molar-refractivity contribution in [2.45, 2.75) is 37.1 Å². The molecule has 0 saturated carbocycles. The monoisotopic (exact) mass is 649 g/mol. The molecule has 1 aromatic heterocycles. The molecule has 0 unspecified atom stereocenters. The topological polar surface area (TPSA) is 197 Å². The maximum absolute atomic E-state index is 13.0. The Kier molecular flexibility index (Phi) is 9.82. The van der Waals surface area contributed by atoms with Crippen molar-refractivity contribution in [1.29, 1.82) is 0 Å². The Hall–Kier alpha value is -4.90. The van der Waals surface area contributed by atoms with Gasteiger partial charge in [-0.3, -0.25) is 19.3 Å². The highest BCUT2D eigenvalue weighted by Crippen LogP contribution is 2.40. The van der Waals surface area contributed by atoms with E-state index in [4.69, 9.17) is 15.6 Å². The molecule has 1 aromatic carbocycles. The molecule has 2 aromatic rings. The number of allylic oxidation sites excluding steroid dienone is 1. The molecule has 3 amide bonds. The molecular formula is C28H26F3N5O8S. The summed E-state index contributed by atoms with van der Waals surface area (Å²) in [5, 5.41) is 31.0. The van der Waals surface area contributed by atoms with E-state index in [2.05, 4.69) is 5.32 Å². The molecule has 3 aliphatic rings. The van der Waals surface area contributed by atoms with Gasteiger partial charge < -0.3 is 36.1 Å². The number of aromatic hydroxyl groups is 1. The number of para-hydroxylation sites is 2. The highest BCUT2D eigenvalue weighted by Gasteiger charge is 2.50. The zero-order valence-corrected chi connectivity index (χ0v) is 24.0. The molecule has 3 aliphatic heterocycles. The third kappa shape index (κ3) is 7.61. The number of nitrogens with one attached hydrogen (secondary N) is 1. The third-order valence-electron chi connectivity index (χ3n) is 6.87. The molecule has 238 valence electrons. The molecule has 17 heteroatoms. The molecule has 0 bridgehead atoms. The van der Waals surface area contributed by atoms with Gasteiger partial charge in [0, 0.05) is 36.5 Å². The molecule has 2 saturated heterocycles. The highest BCUT2D eigenvalue weighted by atomic mass is 32.2. The second kappa shape index (κ2) is 13.4. The zero-order valence-electron chi connectivity index (χ0n) is 23.2. The fraction of sp³-hybridized carbons (Fsp3) is 0.286. The number of β-lactam (4-membered cyclic amide) rings is 1. The maximum Gasteiger partial charge on any atom is 0.490 e. The first-order chi connectivity index (χ1) is 21.2. The van der Waals surface area contributed by atoms with E-state index in [0.29, 0.717) is 42.1 Å². The van der Waals surface area contributed by atoms with E-state index < -0.39 is 35.4 Å². The number of aromatic nitrogens is 1. The van der Waals surface area contributed by atoms with Crippen molar-refractivity contribution >= 4 is 47.1 Å². The van der Waals surface area contributed by atoms with Crippen LogP contribution in [-0.4, -0.2) is 79.6 Å². The lowest BCUT2D eigenvalue weighted by Gasteiger charge is -2.49. The smallest absolute Gasteiger partial charge is 0.490 e. The standard InChI is InChI=1S/C26H25N5O6S.C2HF3O2/c27-21-24(35)31-22(26(36)37)17(14-38-25(21)31)11-16-7-10-30(23(16)34)12-15-5-8-29(9-6-15)13-20(33)28-18-3-1-2-4-19(18)32;3-2(4,5)1(6)7/h1-6,8-9,11,21,25H,7,10,12-14,27H2,(H2-,28,32,33,36,37);(H,6,7)/t21-,25-;/m1./s1. The summed E-state index contributed by atoms with van der Waals surface area (Å²) >= 11 is 1.37. The predicted molar refractivity (Wildman–Crippen MR) is 148 cm³/mol. The molecule has 5 N–H and O–H groups in total. The molecule has 0 aliphatic carbocycles. The van der Waals surface area contributed by atoms with Crippen LogP contribution >= 0.6 is 11.8 Å². The Morgan fingerprint density at radius 3 is 2.40 bits per heavy atom. The number of phenols is 1. The summed E-state index contributed by atoms with van der Waals surface area (Å²) in [6, 6.07) is 9.37. The number of carbonyl (C=O) groups excluding carboxylic acids is 4. The van der Waals surface area contributed by atoms with Gasteiger partial charge in [-0.25, -0.2) is 4.79 Å². The number of thioether (sulfide) groups is 1. The van der Waals surface area contributed by atoms with Crippen molar-refractivity contribution < 1.29 is 57.0 Å². The lowest BCUT2D eigenvalue weighted by molar-refractivity contribution is -0.684. The molecular weight excluding hydrogens is 623 g/mol. The number of likely N-dealkylation sites (tertiary alicyclic amines) is 1. The number of rotatable bonds is 7. The van der Waals surface area contributed by atoms with E-state index in [9.17, 15) is 42.6 Å². The number of carboxylic acids is 2. The first-order valence-corrected chi connectivity index (χ1v) is 14.2. The summed E-state index contributed by atoms with van der Waals surface area (Å²) in [4.78, 5) is 61.0. The minimum absolute atomic E-state index is 0.0123. The number of carbonyl (C=O) groups is 5. The Bertz CT molecular complexity index is 1600. The largest absolute Gasteiger partial charge is 0.543 e. The minimum Gasteiger partial charge on any atom is -0.543 e. The number of anilines is 1. The van der Waals surface area contributed by atoms with Crippen molar-refractivity contribution in [3.05, 3.63) is 77.3 Å². The minimum atomic E-state index is -5.08. The maximum atomic E-state index is 13.0. The first-order valence-electron chi connectivity index (χ1n) is 13.2. The Morgan fingerprint density at radius 1 is 1.16 bits per heavy atom. The number of carboxylic acid groups (broad SMARTS) is 2. The number of halogens is 3. The van der Waals surface area contributed by atoms with Gasteiger partial charge >= 0.3 is 12.1 Å². The number of nitrogens with two attached hydrogens (primary N) is 1. The number of amides is 3. The Balaban J connectivity index is 0.000000591. The number of hydrogen-bond acceptors (Lipinski definition) is 9. The molecule has 13 nitrogen and oxygen atoms in total. The van der Waals surface area contributed by atoms with Gasteiger partial charge in [0.25, 0.3) is 5.91 Å². The van der Waals surface area contributed by atoms with E-state index in [0.717, 1.165) is 10.5 Å². The highest BCUT2D eigenvalue weighted by molar-refractivity contribution is 8.00. The van der Waals surface area contributed by atoms with Gasteiger partial charge in [-0.1, -0.05) is 12.1 Å². The number of hydrogen-bond donors (Lipinski definition) is 4. The SMILES string of the molecule is N[C@@H]1C(=O)N2C(C(=O)[O-])=C(C=C3CCN(Cc4cc[n+](CC(=O)Nc5ccccc5O)cc4)C3=O)CS[C@H]12.O=C(O)C(F)(F)F. The number of alkyl halides is 3. The quantitative estimate of drug-likeness (QED) is 0.136. The van der Waals surface area contributed by atoms with E-state index in [1.807, 2.05) is 12.1 Å². The van der Waals surface area contributed by atoms with Crippen LogP contribution in [0.1, 0.15) is 12.0 Å². The van der Waals surface area contributed by atoms with E-state index >= 15 is 0 Å². The van der Waals surface area contributed by atoms with E-state index in [1.54, 1.807) is 46.1 Å². The summed E-state index contributed by atoms with van der Waals surface area (Å²) in [5.74, 6) is -4.88. The average molecular weight is 650 g/mol. The molecule has 2 fully saturated rings. The summed E-state index contributed by atoms with van der Waals surface area (Å²) in [6.07, 6.45) is 0.399. The first kappa shape index (κ1) is 33.0. The van der Waals surface area contributed by atoms with Crippen LogP contribution in [0.4, 0.5) is 18.9 Å². The van der Waals surface area contributed by atoms with Crippen molar-refractivity contribution in [3.8, 4) is 5.75 Å². The second-order valence-electron chi connectivity index (χ2n) is 9.99. The van der Waals surface area contributed by atoms with Crippen molar-refractivity contribution in [2.75, 3.05) is 17.6 Å². The molecule has 0 radical (unpaired) electrons. The van der Waals surface area contributed by atoms with Crippen LogP contribution in [0.5, 0.6) is 5.75 Å². The van der Waals surface area contributed by atoms with Crippen LogP contribution in [0.2, 0.25) is 0 Å². The van der Waals surface area contributed by atoms with Crippen LogP contribution in [0.3, 0.4) is 0 Å². The van der Waals surface area contributed by atoms with Gasteiger partial charge in [0.05, 0.1) is 17.4 Å². The van der Waals surface area contributed by atoms with Crippen molar-refractivity contribution in [3.63, 3.8) is 0 Å². The van der Waals surface area contributed by atoms with Crippen LogP contribution in [0.25, 0.3) is 0 Å². The number of pyridine rings is 1. The second-order valence-corrected chi connectivity index (χ2v) is 11.1. The lowest BCUT2D eigenvalue weighted by atomic mass is 10.0. The molecule has 4 heterocycles. The summed E-state index contributed by atoms with van der Waals surface area (Å²) < 4.78 is 33.4. The van der Waals surface area contributed by atoms with E-state index in [1.165, 1.54) is 17.8 Å². The van der Waals surface area contributed by atoms with Crippen LogP contribution in [-0.2, 0) is 37.1 Å². The Labute approximate surface area is 257 Å². The molecule has 0 spiro atoms. The summed E-state index contributed by atoms with van der Waals surface area (Å²) in [6.45, 7) is 0.868. The fourth-order valence-electron chi connectivity index (χ4n) is 4.66. The number of fused-ring (bicyclic) bond motifs is 1. The number of benzene rings is 1. The molecule has 5 rings (SSSR count). The summed E-state index contributed by atoms with van der Waals surface area (Å²) in [5.41, 5.74) is 7.61. The number of nitrogens with zero attached hydrogens (tertiary/aromatic N) is 3. The Morgan fingerprint density at radius 2 is 1.80 bits per heavy atom. The van der Waals surface area contributed by atoms with Crippen LogP contribution < -0.4 is 20.7 Å². The third-order valence-corrected chi connectivity index (χ3v) is 8.20. The normalized spacial score (nSPS) is 20.3. The van der Waals surface area contributed by atoms with Crippen molar-refractivity contribution in [1.82, 2.24) is 9.80 Å². The van der Waals surface area contributed by atoms with Crippen molar-refractivity contribution in [2.24, 2.45) is 5.73 Å². The number of aliphatic carboxylic acids is 2. The van der Waals surface area contributed by atoms with Gasteiger partial charge in [0.1, 0.15) is 17.2 Å². The van der Waals surface area contributed by atoms with Gasteiger partial charge in [-0.15, -0.1) is 11.8 Å². The summed E-state index contributed by atoms with van der Waals surface area (Å²) in [7, 11) is 0. The van der Waals surface area contributed by atoms with E-state index in [-0.39, 0.29) is 29.8 Å². The van der Waals surface area contributed by atoms with Crippen LogP contribution in [0.15, 0.2) is 71.7 Å². The van der Waals surface area contributed by atoms with Gasteiger partial charge in [-0.2, -0.15) is 17.7 Å². The number of phenolic OH excluding ortho intramolecular Hbond substituents is 1. The molecule has 2 atom stereocenters. The fourth-order valence-corrected chi connectivity index (χ4v) is 5.91. The van der Waals surface area contributed by atoms with Crippen LogP contribution in [0, 0.1) is 0 Å².